The van der Waals surface area contributed by atoms with Gasteiger partial charge in [0.15, 0.2) is 0 Å². The van der Waals surface area contributed by atoms with Crippen LogP contribution in [0.5, 0.6) is 5.75 Å². The molecule has 1 unspecified atom stereocenters. The summed E-state index contributed by atoms with van der Waals surface area (Å²) in [7, 11) is 0. The Kier molecular flexibility index (Phi) is 5.45. The van der Waals surface area contributed by atoms with E-state index in [0.717, 1.165) is 12.0 Å². The van der Waals surface area contributed by atoms with Crippen LogP contribution in [0.3, 0.4) is 0 Å². The number of halogens is 1. The molecule has 1 atom stereocenters. The molecule has 116 valence electrons. The molecule has 0 aliphatic rings. The summed E-state index contributed by atoms with van der Waals surface area (Å²) in [5.74, 6) is 0.518. The molecule has 2 aromatic carbocycles. The van der Waals surface area contributed by atoms with Crippen LogP contribution in [-0.4, -0.2) is 12.0 Å². The van der Waals surface area contributed by atoms with E-state index < -0.39 is 0 Å². The zero-order valence-electron chi connectivity index (χ0n) is 13.0. The van der Waals surface area contributed by atoms with E-state index in [0.29, 0.717) is 22.0 Å². The van der Waals surface area contributed by atoms with Crippen LogP contribution in [-0.2, 0) is 0 Å². The number of hydrogen-bond acceptors (Lipinski definition) is 2. The molecular weight excluding hydrogens is 298 g/mol. The molecule has 0 saturated heterocycles. The van der Waals surface area contributed by atoms with Crippen LogP contribution < -0.4 is 10.1 Å². The van der Waals surface area contributed by atoms with Crippen LogP contribution in [0, 0.1) is 6.92 Å². The Hall–Kier alpha value is -2.00. The minimum absolute atomic E-state index is 0.119. The Morgan fingerprint density at radius 2 is 2.00 bits per heavy atom. The molecule has 1 amide bonds. The number of benzene rings is 2. The Morgan fingerprint density at radius 1 is 1.27 bits per heavy atom. The Labute approximate surface area is 136 Å². The van der Waals surface area contributed by atoms with Gasteiger partial charge in [0.1, 0.15) is 5.75 Å². The van der Waals surface area contributed by atoms with Crippen LogP contribution >= 0.6 is 11.6 Å². The molecule has 0 aliphatic heterocycles. The van der Waals surface area contributed by atoms with Gasteiger partial charge in [0, 0.05) is 16.3 Å². The molecule has 1 N–H and O–H groups in total. The van der Waals surface area contributed by atoms with Gasteiger partial charge in [0.05, 0.1) is 6.10 Å². The topological polar surface area (TPSA) is 38.3 Å². The fourth-order valence-corrected chi connectivity index (χ4v) is 2.14. The predicted molar refractivity (Wildman–Crippen MR) is 91.0 cm³/mol. The molecule has 0 fully saturated rings. The van der Waals surface area contributed by atoms with Gasteiger partial charge >= 0.3 is 0 Å². The summed E-state index contributed by atoms with van der Waals surface area (Å²) < 4.78 is 5.75. The standard InChI is InChI=1S/C18H20ClNO2/c1-4-12(2)22-15-8-5-7-14(11-15)18(21)20-17-10-6-9-16(19)13(17)3/h5-12H,4H2,1-3H3,(H,20,21). The average Bonchev–Trinajstić information content (AvgIpc) is 2.52. The van der Waals surface area contributed by atoms with Crippen LogP contribution in [0.2, 0.25) is 5.02 Å². The molecular formula is C18H20ClNO2. The van der Waals surface area contributed by atoms with Crippen molar-refractivity contribution >= 4 is 23.2 Å². The number of ether oxygens (including phenoxy) is 1. The van der Waals surface area contributed by atoms with E-state index in [1.165, 1.54) is 0 Å². The Morgan fingerprint density at radius 3 is 2.73 bits per heavy atom. The number of carbonyl (C=O) groups is 1. The fraction of sp³-hybridized carbons (Fsp3) is 0.278. The molecule has 0 saturated carbocycles. The van der Waals surface area contributed by atoms with Gasteiger partial charge in [-0.3, -0.25) is 4.79 Å². The number of rotatable bonds is 5. The molecule has 0 spiro atoms. The third-order valence-electron chi connectivity index (χ3n) is 3.52. The van der Waals surface area contributed by atoms with Crippen molar-refractivity contribution in [2.45, 2.75) is 33.3 Å². The summed E-state index contributed by atoms with van der Waals surface area (Å²) >= 11 is 6.07. The van der Waals surface area contributed by atoms with Gasteiger partial charge in [-0.2, -0.15) is 0 Å². The van der Waals surface area contributed by atoms with Crippen molar-refractivity contribution in [1.29, 1.82) is 0 Å². The summed E-state index contributed by atoms with van der Waals surface area (Å²) in [4.78, 5) is 12.4. The highest BCUT2D eigenvalue weighted by Gasteiger charge is 2.10. The van der Waals surface area contributed by atoms with Gasteiger partial charge in [-0.1, -0.05) is 30.7 Å². The number of anilines is 1. The normalized spacial score (nSPS) is 11.8. The van der Waals surface area contributed by atoms with Gasteiger partial charge in [-0.25, -0.2) is 0 Å². The van der Waals surface area contributed by atoms with E-state index in [4.69, 9.17) is 16.3 Å². The maximum absolute atomic E-state index is 12.4. The highest BCUT2D eigenvalue weighted by Crippen LogP contribution is 2.24. The molecule has 0 heterocycles. The third kappa shape index (κ3) is 4.01. The van der Waals surface area contributed by atoms with Gasteiger partial charge in [-0.05, 0) is 56.2 Å². The van der Waals surface area contributed by atoms with Crippen molar-refractivity contribution < 1.29 is 9.53 Å². The predicted octanol–water partition coefficient (Wildman–Crippen LogP) is 5.08. The van der Waals surface area contributed by atoms with E-state index in [9.17, 15) is 4.79 Å². The van der Waals surface area contributed by atoms with Crippen molar-refractivity contribution in [3.05, 3.63) is 58.6 Å². The first kappa shape index (κ1) is 16.4. The van der Waals surface area contributed by atoms with Crippen LogP contribution in [0.15, 0.2) is 42.5 Å². The molecule has 2 aromatic rings. The monoisotopic (exact) mass is 317 g/mol. The summed E-state index contributed by atoms with van der Waals surface area (Å²) in [6.45, 7) is 5.94. The summed E-state index contributed by atoms with van der Waals surface area (Å²) in [6.07, 6.45) is 1.03. The van der Waals surface area contributed by atoms with E-state index in [2.05, 4.69) is 12.2 Å². The smallest absolute Gasteiger partial charge is 0.255 e. The molecule has 0 aliphatic carbocycles. The van der Waals surface area contributed by atoms with Crippen molar-refractivity contribution in [1.82, 2.24) is 0 Å². The number of amides is 1. The first-order valence-corrected chi connectivity index (χ1v) is 7.72. The second kappa shape index (κ2) is 7.32. The van der Waals surface area contributed by atoms with E-state index >= 15 is 0 Å². The maximum Gasteiger partial charge on any atom is 0.255 e. The Bertz CT molecular complexity index is 670. The zero-order chi connectivity index (χ0) is 16.1. The first-order chi connectivity index (χ1) is 10.5. The van der Waals surface area contributed by atoms with Gasteiger partial charge in [0.25, 0.3) is 5.91 Å². The molecule has 22 heavy (non-hydrogen) atoms. The molecule has 3 nitrogen and oxygen atoms in total. The highest BCUT2D eigenvalue weighted by molar-refractivity contribution is 6.31. The number of hydrogen-bond donors (Lipinski definition) is 1. The van der Waals surface area contributed by atoms with Crippen LogP contribution in [0.25, 0.3) is 0 Å². The highest BCUT2D eigenvalue weighted by atomic mass is 35.5. The molecule has 0 bridgehead atoms. The van der Waals surface area contributed by atoms with Gasteiger partial charge < -0.3 is 10.1 Å². The van der Waals surface area contributed by atoms with Gasteiger partial charge in [-0.15, -0.1) is 0 Å². The van der Waals surface area contributed by atoms with Crippen molar-refractivity contribution in [2.24, 2.45) is 0 Å². The van der Waals surface area contributed by atoms with E-state index in [1.54, 1.807) is 18.2 Å². The van der Waals surface area contributed by atoms with E-state index in [1.807, 2.05) is 38.1 Å². The second-order valence-corrected chi connectivity index (χ2v) is 5.64. The lowest BCUT2D eigenvalue weighted by molar-refractivity contribution is 0.102. The average molecular weight is 318 g/mol. The van der Waals surface area contributed by atoms with Crippen molar-refractivity contribution in [3.8, 4) is 5.75 Å². The first-order valence-electron chi connectivity index (χ1n) is 7.34. The SMILES string of the molecule is CCC(C)Oc1cccc(C(=O)Nc2cccc(Cl)c2C)c1. The lowest BCUT2D eigenvalue weighted by Gasteiger charge is -2.14. The quantitative estimate of drug-likeness (QED) is 0.835. The zero-order valence-corrected chi connectivity index (χ0v) is 13.8. The molecule has 4 heteroatoms. The third-order valence-corrected chi connectivity index (χ3v) is 3.93. The van der Waals surface area contributed by atoms with Crippen LogP contribution in [0.4, 0.5) is 5.69 Å². The molecule has 0 radical (unpaired) electrons. The lowest BCUT2D eigenvalue weighted by Crippen LogP contribution is -2.14. The number of nitrogens with one attached hydrogen (secondary N) is 1. The van der Waals surface area contributed by atoms with Crippen molar-refractivity contribution in [3.63, 3.8) is 0 Å². The minimum Gasteiger partial charge on any atom is -0.491 e. The van der Waals surface area contributed by atoms with Crippen molar-refractivity contribution in [2.75, 3.05) is 5.32 Å². The summed E-state index contributed by atoms with van der Waals surface area (Å²) in [6, 6.07) is 12.6. The second-order valence-electron chi connectivity index (χ2n) is 5.23. The largest absolute Gasteiger partial charge is 0.491 e. The lowest BCUT2D eigenvalue weighted by atomic mass is 10.1. The fourth-order valence-electron chi connectivity index (χ4n) is 1.96. The number of carbonyl (C=O) groups excluding carboxylic acids is 1. The van der Waals surface area contributed by atoms with Gasteiger partial charge in [0.2, 0.25) is 0 Å². The maximum atomic E-state index is 12.4. The minimum atomic E-state index is -0.181. The summed E-state index contributed by atoms with van der Waals surface area (Å²) in [5.41, 5.74) is 2.12. The van der Waals surface area contributed by atoms with Crippen LogP contribution in [0.1, 0.15) is 36.2 Å². The van der Waals surface area contributed by atoms with E-state index in [-0.39, 0.29) is 12.0 Å². The molecule has 0 aromatic heterocycles. The summed E-state index contributed by atoms with van der Waals surface area (Å²) in [5, 5.41) is 3.51. The Balaban J connectivity index is 2.16. The molecule has 2 rings (SSSR count).